The Labute approximate surface area is 251 Å². The molecule has 3 N–H and O–H groups in total. The minimum atomic E-state index is -0.854. The van der Waals surface area contributed by atoms with E-state index in [0.29, 0.717) is 24.6 Å². The molecule has 0 aliphatic heterocycles. The Morgan fingerprint density at radius 2 is 1.47 bits per heavy atom. The summed E-state index contributed by atoms with van der Waals surface area (Å²) in [6.45, 7) is 5.34. The Morgan fingerprint density at radius 3 is 2.00 bits per heavy atom. The van der Waals surface area contributed by atoms with Crippen LogP contribution in [0.4, 0.5) is 0 Å². The van der Waals surface area contributed by atoms with Crippen LogP contribution in [0.5, 0.6) is 0 Å². The van der Waals surface area contributed by atoms with Crippen LogP contribution in [0.15, 0.2) is 102 Å². The van der Waals surface area contributed by atoms with Gasteiger partial charge >= 0.3 is 0 Å². The van der Waals surface area contributed by atoms with Crippen molar-refractivity contribution in [3.05, 3.63) is 120 Å². The Hall–Kier alpha value is -4.82. The van der Waals surface area contributed by atoms with Gasteiger partial charge in [-0.1, -0.05) is 96.2 Å². The monoisotopic (exact) mass is 575 g/mol. The molecule has 0 aliphatic rings. The summed E-state index contributed by atoms with van der Waals surface area (Å²) in [7, 11) is 1.71. The molecule has 0 spiro atoms. The molecule has 43 heavy (non-hydrogen) atoms. The number of nitrogens with zero attached hydrogens (tertiary/aromatic N) is 3. The summed E-state index contributed by atoms with van der Waals surface area (Å²) < 4.78 is 5.59. The van der Waals surface area contributed by atoms with E-state index in [-0.39, 0.29) is 5.91 Å². The molecule has 220 valence electrons. The van der Waals surface area contributed by atoms with Gasteiger partial charge in [-0.15, -0.1) is 0 Å². The van der Waals surface area contributed by atoms with E-state index in [1.807, 2.05) is 54.6 Å². The Kier molecular flexibility index (Phi) is 8.68. The fourth-order valence-electron chi connectivity index (χ4n) is 5.14. The van der Waals surface area contributed by atoms with Crippen molar-refractivity contribution in [2.24, 2.45) is 5.73 Å². The molecule has 0 fully saturated rings. The normalized spacial score (nSPS) is 13.3. The van der Waals surface area contributed by atoms with Crippen molar-refractivity contribution in [3.63, 3.8) is 0 Å². The molecule has 8 heteroatoms. The summed E-state index contributed by atoms with van der Waals surface area (Å²) >= 11 is 0. The molecule has 1 heterocycles. The largest absolute Gasteiger partial charge is 0.340 e. The number of benzene rings is 4. The van der Waals surface area contributed by atoms with Gasteiger partial charge in [0.25, 0.3) is 0 Å². The number of fused-ring (bicyclic) bond motifs is 2. The molecular weight excluding hydrogens is 538 g/mol. The minimum Gasteiger partial charge on any atom is -0.340 e. The van der Waals surface area contributed by atoms with Crippen LogP contribution in [0.3, 0.4) is 0 Å². The van der Waals surface area contributed by atoms with Crippen LogP contribution >= 0.6 is 0 Å². The molecule has 0 radical (unpaired) electrons. The summed E-state index contributed by atoms with van der Waals surface area (Å²) in [6.07, 6.45) is 3.75. The third-order valence-electron chi connectivity index (χ3n) is 7.42. The number of carbonyl (C=O) groups excluding carboxylic acids is 2. The van der Waals surface area contributed by atoms with Crippen molar-refractivity contribution in [2.45, 2.75) is 51.2 Å². The lowest BCUT2D eigenvalue weighted by atomic mass is 9.98. The summed E-state index contributed by atoms with van der Waals surface area (Å²) in [5, 5.41) is 11.3. The number of rotatable bonds is 10. The highest BCUT2D eigenvalue weighted by Crippen LogP contribution is 2.27. The number of aromatic nitrogens is 2. The zero-order chi connectivity index (χ0) is 30.6. The molecule has 2 unspecified atom stereocenters. The predicted octanol–water partition coefficient (Wildman–Crippen LogP) is 5.45. The second-order valence-corrected chi connectivity index (χ2v) is 11.6. The van der Waals surface area contributed by atoms with Crippen molar-refractivity contribution in [2.75, 3.05) is 7.05 Å². The van der Waals surface area contributed by atoms with Gasteiger partial charge in [0.2, 0.25) is 17.7 Å². The van der Waals surface area contributed by atoms with Crippen LogP contribution in [0.1, 0.15) is 42.7 Å². The summed E-state index contributed by atoms with van der Waals surface area (Å²) in [5.74, 6) is 0.145. The number of hydrogen-bond acceptors (Lipinski definition) is 6. The van der Waals surface area contributed by atoms with Crippen molar-refractivity contribution < 1.29 is 14.1 Å². The van der Waals surface area contributed by atoms with Gasteiger partial charge < -0.3 is 20.5 Å². The second kappa shape index (κ2) is 12.6. The average molecular weight is 576 g/mol. The Morgan fingerprint density at radius 1 is 0.907 bits per heavy atom. The average Bonchev–Trinajstić information content (AvgIpc) is 3.43. The van der Waals surface area contributed by atoms with Gasteiger partial charge in [-0.3, -0.25) is 9.59 Å². The van der Waals surface area contributed by atoms with Crippen LogP contribution in [-0.2, 0) is 22.4 Å². The third-order valence-corrected chi connectivity index (χ3v) is 7.42. The summed E-state index contributed by atoms with van der Waals surface area (Å²) in [5.41, 5.74) is 7.31. The smallest absolute Gasteiger partial charge is 0.249 e. The first kappa shape index (κ1) is 29.7. The number of amides is 2. The molecule has 0 saturated carbocycles. The van der Waals surface area contributed by atoms with Gasteiger partial charge in [0, 0.05) is 31.5 Å². The van der Waals surface area contributed by atoms with Crippen LogP contribution in [0.2, 0.25) is 0 Å². The van der Waals surface area contributed by atoms with Gasteiger partial charge in [0.1, 0.15) is 12.1 Å². The van der Waals surface area contributed by atoms with Crippen LogP contribution in [-0.4, -0.2) is 45.5 Å². The van der Waals surface area contributed by atoms with Gasteiger partial charge in [0.05, 0.1) is 0 Å². The highest BCUT2D eigenvalue weighted by molar-refractivity contribution is 5.93. The highest BCUT2D eigenvalue weighted by atomic mass is 16.5. The van der Waals surface area contributed by atoms with E-state index in [2.05, 4.69) is 45.8 Å². The molecular formula is C35H37N5O3. The number of nitrogens with one attached hydrogen (secondary N) is 1. The Balaban J connectivity index is 1.46. The molecule has 5 aromatic rings. The van der Waals surface area contributed by atoms with E-state index in [4.69, 9.17) is 10.3 Å². The molecule has 1 aromatic heterocycles. The fraction of sp³-hybridized carbons (Fsp3) is 0.257. The van der Waals surface area contributed by atoms with E-state index >= 15 is 0 Å². The van der Waals surface area contributed by atoms with E-state index in [1.54, 1.807) is 38.8 Å². The number of carbonyl (C=O) groups is 2. The zero-order valence-electron chi connectivity index (χ0n) is 25.0. The lowest BCUT2D eigenvalue weighted by Crippen LogP contribution is -2.49. The van der Waals surface area contributed by atoms with Crippen LogP contribution < -0.4 is 11.1 Å². The van der Waals surface area contributed by atoms with Crippen LogP contribution in [0.25, 0.3) is 21.5 Å². The van der Waals surface area contributed by atoms with Crippen molar-refractivity contribution in [3.8, 4) is 0 Å². The fourth-order valence-corrected chi connectivity index (χ4v) is 5.14. The van der Waals surface area contributed by atoms with Crippen molar-refractivity contribution in [1.29, 1.82) is 0 Å². The van der Waals surface area contributed by atoms with Gasteiger partial charge in [-0.25, -0.2) is 0 Å². The molecule has 0 bridgehead atoms. The standard InChI is InChI=1S/C35H37N5O3/c1-23-37-33(43-39-23)31(22-25-14-16-27-10-6-8-12-29(27)20-25)40(4)34(42)30(38-32(41)17-18-35(2,3)36)21-24-13-15-26-9-5-7-11-28(26)19-24/h5-20,30-31H,21-22,36H2,1-4H3,(H,38,41)/b18-17+. The SMILES string of the molecule is Cc1noc(C(Cc2ccc3ccccc3c2)N(C)C(=O)C(Cc2ccc3ccccc3c2)NC(=O)/C=C/C(C)(C)N)n1. The molecule has 0 aliphatic carbocycles. The van der Waals surface area contributed by atoms with E-state index in [1.165, 1.54) is 6.08 Å². The minimum absolute atomic E-state index is 0.274. The zero-order valence-corrected chi connectivity index (χ0v) is 25.0. The molecule has 0 saturated heterocycles. The number of nitrogens with two attached hydrogens (primary N) is 1. The number of likely N-dealkylation sites (N-methyl/N-ethyl adjacent to an activating group) is 1. The highest BCUT2D eigenvalue weighted by Gasteiger charge is 2.32. The Bertz CT molecular complexity index is 1790. The first-order chi connectivity index (χ1) is 20.6. The van der Waals surface area contributed by atoms with E-state index in [0.717, 1.165) is 32.7 Å². The van der Waals surface area contributed by atoms with E-state index in [9.17, 15) is 9.59 Å². The molecule has 8 nitrogen and oxygen atoms in total. The number of aryl methyl sites for hydroxylation is 1. The van der Waals surface area contributed by atoms with Gasteiger partial charge in [-0.05, 0) is 53.4 Å². The lowest BCUT2D eigenvalue weighted by Gasteiger charge is -2.30. The summed E-state index contributed by atoms with van der Waals surface area (Å²) in [4.78, 5) is 33.4. The molecule has 5 rings (SSSR count). The first-order valence-electron chi connectivity index (χ1n) is 14.4. The lowest BCUT2D eigenvalue weighted by molar-refractivity contribution is -0.137. The van der Waals surface area contributed by atoms with Crippen LogP contribution in [0, 0.1) is 6.92 Å². The predicted molar refractivity (Wildman–Crippen MR) is 169 cm³/mol. The second-order valence-electron chi connectivity index (χ2n) is 11.6. The first-order valence-corrected chi connectivity index (χ1v) is 14.4. The maximum atomic E-state index is 14.2. The van der Waals surface area contributed by atoms with Gasteiger partial charge in [-0.2, -0.15) is 4.98 Å². The van der Waals surface area contributed by atoms with Gasteiger partial charge in [0.15, 0.2) is 5.82 Å². The maximum Gasteiger partial charge on any atom is 0.249 e. The van der Waals surface area contributed by atoms with Crippen molar-refractivity contribution in [1.82, 2.24) is 20.4 Å². The molecule has 2 amide bonds. The molecule has 2 atom stereocenters. The van der Waals surface area contributed by atoms with E-state index < -0.39 is 23.5 Å². The topological polar surface area (TPSA) is 114 Å². The summed E-state index contributed by atoms with van der Waals surface area (Å²) in [6, 6.07) is 27.1. The molecule has 4 aromatic carbocycles. The number of hydrogen-bond donors (Lipinski definition) is 2. The quantitative estimate of drug-likeness (QED) is 0.214. The maximum absolute atomic E-state index is 14.2. The van der Waals surface area contributed by atoms with Crippen molar-refractivity contribution >= 4 is 33.4 Å². The third kappa shape index (κ3) is 7.53.